The zero-order valence-corrected chi connectivity index (χ0v) is 11.2. The minimum Gasteiger partial charge on any atom is -0.392 e. The molecule has 1 fully saturated rings. The van der Waals surface area contributed by atoms with Crippen molar-refractivity contribution in [1.29, 1.82) is 0 Å². The molecule has 5 nitrogen and oxygen atoms in total. The molecule has 1 heterocycles. The van der Waals surface area contributed by atoms with Crippen LogP contribution in [0.15, 0.2) is 24.3 Å². The Kier molecular flexibility index (Phi) is 5.15. The zero-order valence-electron chi connectivity index (χ0n) is 11.2. The van der Waals surface area contributed by atoms with Gasteiger partial charge in [0.2, 0.25) is 0 Å². The van der Waals surface area contributed by atoms with Crippen LogP contribution in [0.5, 0.6) is 0 Å². The number of hydrogen-bond acceptors (Lipinski definition) is 5. The lowest BCUT2D eigenvalue weighted by atomic mass is 9.89. The third-order valence-electron chi connectivity index (χ3n) is 3.58. The molecule has 1 atom stereocenters. The quantitative estimate of drug-likeness (QED) is 0.544. The van der Waals surface area contributed by atoms with Crippen LogP contribution in [-0.4, -0.2) is 43.2 Å². The van der Waals surface area contributed by atoms with Gasteiger partial charge in [-0.15, -0.1) is 0 Å². The van der Waals surface area contributed by atoms with Gasteiger partial charge in [0, 0.05) is 0 Å². The predicted molar refractivity (Wildman–Crippen MR) is 73.9 cm³/mol. The minimum atomic E-state index is -1.05. The molecule has 0 saturated carbocycles. The van der Waals surface area contributed by atoms with E-state index in [-0.39, 0.29) is 6.61 Å². The van der Waals surface area contributed by atoms with Crippen LogP contribution in [-0.2, 0) is 4.84 Å². The summed E-state index contributed by atoms with van der Waals surface area (Å²) in [5.74, 6) is 0.459. The molecule has 0 aliphatic carbocycles. The highest BCUT2D eigenvalue weighted by Crippen LogP contribution is 2.33. The van der Waals surface area contributed by atoms with Crippen LogP contribution in [0, 0.1) is 0 Å². The Balaban J connectivity index is 2.28. The number of anilines is 1. The Bertz CT molecular complexity index is 394. The molecule has 5 heteroatoms. The molecule has 0 amide bonds. The second-order valence-corrected chi connectivity index (χ2v) is 4.75. The van der Waals surface area contributed by atoms with Gasteiger partial charge in [-0.2, -0.15) is 0 Å². The number of nitrogens with one attached hydrogen (secondary N) is 1. The minimum absolute atomic E-state index is 0.367. The summed E-state index contributed by atoms with van der Waals surface area (Å²) >= 11 is 0. The smallest absolute Gasteiger partial charge is 0.174 e. The van der Waals surface area contributed by atoms with Crippen LogP contribution in [0.25, 0.3) is 0 Å². The Morgan fingerprint density at radius 2 is 2.05 bits per heavy atom. The molecule has 1 aliphatic heterocycles. The van der Waals surface area contributed by atoms with E-state index in [2.05, 4.69) is 11.4 Å². The standard InChI is InChI=1S/C14H22N2O3/c1-19-16(14(18)10-17)13-5-3-2-4-12(13)11-6-8-15-9-7-11/h2-5,11,14-15,17-18H,6-10H2,1H3. The Labute approximate surface area is 113 Å². The second-order valence-electron chi connectivity index (χ2n) is 4.75. The van der Waals surface area contributed by atoms with E-state index >= 15 is 0 Å². The van der Waals surface area contributed by atoms with E-state index in [1.165, 1.54) is 17.7 Å². The van der Waals surface area contributed by atoms with Crippen LogP contribution in [0.4, 0.5) is 5.69 Å². The van der Waals surface area contributed by atoms with Gasteiger partial charge in [0.05, 0.1) is 19.4 Å². The molecule has 3 N–H and O–H groups in total. The number of aliphatic hydroxyl groups excluding tert-OH is 2. The molecule has 0 bridgehead atoms. The van der Waals surface area contributed by atoms with Crippen molar-refractivity contribution in [1.82, 2.24) is 5.32 Å². The van der Waals surface area contributed by atoms with Gasteiger partial charge in [-0.05, 0) is 43.5 Å². The summed E-state index contributed by atoms with van der Waals surface area (Å²) in [4.78, 5) is 5.23. The maximum Gasteiger partial charge on any atom is 0.174 e. The number of hydroxylamine groups is 1. The first-order valence-electron chi connectivity index (χ1n) is 6.69. The third kappa shape index (κ3) is 3.25. The zero-order chi connectivity index (χ0) is 13.7. The van der Waals surface area contributed by atoms with Gasteiger partial charge >= 0.3 is 0 Å². The molecular formula is C14H22N2O3. The average molecular weight is 266 g/mol. The molecule has 1 unspecified atom stereocenters. The summed E-state index contributed by atoms with van der Waals surface area (Å²) in [6.45, 7) is 1.65. The van der Waals surface area contributed by atoms with Crippen molar-refractivity contribution >= 4 is 5.69 Å². The maximum atomic E-state index is 9.83. The molecule has 19 heavy (non-hydrogen) atoms. The van der Waals surface area contributed by atoms with E-state index in [0.717, 1.165) is 31.6 Å². The number of piperidine rings is 1. The van der Waals surface area contributed by atoms with E-state index in [9.17, 15) is 5.11 Å². The highest BCUT2D eigenvalue weighted by molar-refractivity contribution is 5.54. The first kappa shape index (κ1) is 14.3. The molecule has 0 radical (unpaired) electrons. The number of rotatable bonds is 5. The fraction of sp³-hybridized carbons (Fsp3) is 0.571. The summed E-state index contributed by atoms with van der Waals surface area (Å²) < 4.78 is 0. The van der Waals surface area contributed by atoms with E-state index in [1.54, 1.807) is 0 Å². The fourth-order valence-electron chi connectivity index (χ4n) is 2.62. The predicted octanol–water partition coefficient (Wildman–Crippen LogP) is 0.832. The highest BCUT2D eigenvalue weighted by Gasteiger charge is 2.23. The molecule has 1 aromatic rings. The van der Waals surface area contributed by atoms with Crippen molar-refractivity contribution in [3.63, 3.8) is 0 Å². The number of aliphatic hydroxyl groups is 2. The molecule has 1 aliphatic rings. The van der Waals surface area contributed by atoms with Crippen molar-refractivity contribution in [2.24, 2.45) is 0 Å². The van der Waals surface area contributed by atoms with Gasteiger partial charge in [-0.25, -0.2) is 5.06 Å². The molecule has 0 spiro atoms. The van der Waals surface area contributed by atoms with E-state index in [4.69, 9.17) is 9.94 Å². The summed E-state index contributed by atoms with van der Waals surface area (Å²) in [7, 11) is 1.50. The number of benzene rings is 1. The number of para-hydroxylation sites is 1. The van der Waals surface area contributed by atoms with E-state index in [1.807, 2.05) is 18.2 Å². The lowest BCUT2D eigenvalue weighted by Crippen LogP contribution is -2.38. The van der Waals surface area contributed by atoms with Gasteiger partial charge < -0.3 is 15.5 Å². The van der Waals surface area contributed by atoms with E-state index in [0.29, 0.717) is 5.92 Å². The number of nitrogens with zero attached hydrogens (tertiary/aromatic N) is 1. The normalized spacial score (nSPS) is 18.3. The molecule has 0 aromatic heterocycles. The van der Waals surface area contributed by atoms with Crippen LogP contribution in [0.3, 0.4) is 0 Å². The molecule has 2 rings (SSSR count). The van der Waals surface area contributed by atoms with Crippen molar-refractivity contribution in [3.05, 3.63) is 29.8 Å². The maximum absolute atomic E-state index is 9.83. The topological polar surface area (TPSA) is 65.0 Å². The van der Waals surface area contributed by atoms with Crippen molar-refractivity contribution in [2.45, 2.75) is 25.0 Å². The Hall–Kier alpha value is -1.14. The van der Waals surface area contributed by atoms with Gasteiger partial charge in [0.15, 0.2) is 6.23 Å². The van der Waals surface area contributed by atoms with Crippen molar-refractivity contribution in [3.8, 4) is 0 Å². The monoisotopic (exact) mass is 266 g/mol. The summed E-state index contributed by atoms with van der Waals surface area (Å²) in [5, 5.41) is 23.7. The SMILES string of the molecule is CON(c1ccccc1C1CCNCC1)C(O)CO. The van der Waals surface area contributed by atoms with Crippen molar-refractivity contribution < 1.29 is 15.1 Å². The van der Waals surface area contributed by atoms with Crippen LogP contribution < -0.4 is 10.4 Å². The average Bonchev–Trinajstić information content (AvgIpc) is 2.49. The van der Waals surface area contributed by atoms with Crippen LogP contribution >= 0.6 is 0 Å². The van der Waals surface area contributed by atoms with E-state index < -0.39 is 6.23 Å². The summed E-state index contributed by atoms with van der Waals surface area (Å²) in [6, 6.07) is 7.90. The Morgan fingerprint density at radius 1 is 1.37 bits per heavy atom. The lowest BCUT2D eigenvalue weighted by molar-refractivity contribution is 0.00106. The fourth-order valence-corrected chi connectivity index (χ4v) is 2.62. The third-order valence-corrected chi connectivity index (χ3v) is 3.58. The van der Waals surface area contributed by atoms with Crippen molar-refractivity contribution in [2.75, 3.05) is 31.9 Å². The number of hydrogen-bond donors (Lipinski definition) is 3. The van der Waals surface area contributed by atoms with Crippen LogP contribution in [0.2, 0.25) is 0 Å². The lowest BCUT2D eigenvalue weighted by Gasteiger charge is -2.31. The molecule has 1 aromatic carbocycles. The summed E-state index contributed by atoms with van der Waals surface area (Å²) in [6.07, 6.45) is 1.10. The van der Waals surface area contributed by atoms with Crippen LogP contribution in [0.1, 0.15) is 24.3 Å². The largest absolute Gasteiger partial charge is 0.392 e. The molecule has 1 saturated heterocycles. The Morgan fingerprint density at radius 3 is 2.68 bits per heavy atom. The van der Waals surface area contributed by atoms with Gasteiger partial charge in [-0.1, -0.05) is 18.2 Å². The van der Waals surface area contributed by atoms with Gasteiger partial charge in [0.25, 0.3) is 0 Å². The molecular weight excluding hydrogens is 244 g/mol. The molecule has 106 valence electrons. The van der Waals surface area contributed by atoms with Gasteiger partial charge in [-0.3, -0.25) is 4.84 Å². The van der Waals surface area contributed by atoms with Gasteiger partial charge in [0.1, 0.15) is 0 Å². The first-order chi connectivity index (χ1) is 9.27. The summed E-state index contributed by atoms with van der Waals surface area (Å²) in [5.41, 5.74) is 2.00. The second kappa shape index (κ2) is 6.86. The highest BCUT2D eigenvalue weighted by atomic mass is 16.7. The first-order valence-corrected chi connectivity index (χ1v) is 6.69.